The maximum Gasteiger partial charge on any atom is 0.137 e. The molecule has 10 aromatic rings. The highest BCUT2D eigenvalue weighted by Crippen LogP contribution is 2.52. The van der Waals surface area contributed by atoms with Gasteiger partial charge in [0.15, 0.2) is 0 Å². The molecule has 8 aromatic carbocycles. The topological polar surface area (TPSA) is 36.8 Å². The molecule has 8 heteroatoms. The van der Waals surface area contributed by atoms with Crippen LogP contribution in [0.15, 0.2) is 194 Å². The van der Waals surface area contributed by atoms with Crippen LogP contribution in [0.1, 0.15) is 76.0 Å². The third-order valence-electron chi connectivity index (χ3n) is 13.7. The van der Waals surface area contributed by atoms with Crippen LogP contribution in [0.5, 0.6) is 11.5 Å². The largest absolute Gasteiger partial charge is 0.457 e. The molecule has 0 N–H and O–H groups in total. The Bertz CT molecular complexity index is 3500. The number of benzene rings is 8. The summed E-state index contributed by atoms with van der Waals surface area (Å²) in [6, 6.07) is 63.0. The Morgan fingerprint density at radius 3 is 1.86 bits per heavy atom. The van der Waals surface area contributed by atoms with E-state index < -0.39 is 11.6 Å². The molecule has 71 heavy (non-hydrogen) atoms. The van der Waals surface area contributed by atoms with E-state index in [0.29, 0.717) is 23.7 Å². The van der Waals surface area contributed by atoms with E-state index in [1.54, 1.807) is 6.07 Å². The van der Waals surface area contributed by atoms with Crippen LogP contribution in [0.25, 0.3) is 38.8 Å². The summed E-state index contributed by atoms with van der Waals surface area (Å²) in [7, 11) is 0. The third-order valence-corrected chi connectivity index (χ3v) is 13.7. The lowest BCUT2D eigenvalue weighted by molar-refractivity contribution is 0.483. The van der Waals surface area contributed by atoms with Crippen molar-refractivity contribution in [1.29, 1.82) is 0 Å². The molecule has 0 unspecified atom stereocenters. The van der Waals surface area contributed by atoms with Gasteiger partial charge in [-0.2, -0.15) is 0 Å². The van der Waals surface area contributed by atoms with Gasteiger partial charge in [-0.3, -0.25) is 4.57 Å². The molecular weight excluding hydrogens is 881 g/mol. The molecule has 6 nitrogen and oxygen atoms in total. The van der Waals surface area contributed by atoms with Gasteiger partial charge in [0.25, 0.3) is 0 Å². The maximum absolute atomic E-state index is 15.6. The van der Waals surface area contributed by atoms with E-state index in [4.69, 9.17) is 9.72 Å². The zero-order valence-corrected chi connectivity index (χ0v) is 40.8. The van der Waals surface area contributed by atoms with Crippen molar-refractivity contribution in [2.45, 2.75) is 59.3 Å². The predicted molar refractivity (Wildman–Crippen MR) is 289 cm³/mol. The first kappa shape index (κ1) is 45.2. The summed E-state index contributed by atoms with van der Waals surface area (Å²) in [5.74, 6) is 1.48. The molecule has 1 aliphatic heterocycles. The Labute approximate surface area is 414 Å². The average Bonchev–Trinajstić information content (AvgIpc) is 3.92. The van der Waals surface area contributed by atoms with Gasteiger partial charge < -0.3 is 19.4 Å². The molecule has 0 atom stereocenters. The zero-order valence-electron chi connectivity index (χ0n) is 40.8. The summed E-state index contributed by atoms with van der Waals surface area (Å²) < 4.78 is 39.1. The molecule has 0 aliphatic carbocycles. The van der Waals surface area contributed by atoms with Gasteiger partial charge in [-0.1, -0.05) is 108 Å². The fourth-order valence-electron chi connectivity index (χ4n) is 10.2. The monoisotopic (exact) mass is 935 g/mol. The molecule has 352 valence electrons. The number of nitrogens with zero attached hydrogens (tertiary/aromatic N) is 5. The van der Waals surface area contributed by atoms with Gasteiger partial charge in [0, 0.05) is 69.5 Å². The lowest BCUT2D eigenvalue weighted by Crippen LogP contribution is -2.26. The molecule has 0 bridgehead atoms. The van der Waals surface area contributed by atoms with Gasteiger partial charge >= 0.3 is 0 Å². The van der Waals surface area contributed by atoms with Gasteiger partial charge in [-0.15, -0.1) is 0 Å². The first-order chi connectivity index (χ1) is 34.5. The number of pyridine rings is 1. The Morgan fingerprint density at radius 2 is 1.20 bits per heavy atom. The number of anilines is 7. The summed E-state index contributed by atoms with van der Waals surface area (Å²) >= 11 is 0. The number of para-hydroxylation sites is 3. The van der Waals surface area contributed by atoms with Crippen molar-refractivity contribution in [2.75, 3.05) is 21.4 Å². The van der Waals surface area contributed by atoms with Crippen molar-refractivity contribution >= 4 is 61.6 Å². The Balaban J connectivity index is 1.10. The van der Waals surface area contributed by atoms with Crippen molar-refractivity contribution in [3.63, 3.8) is 0 Å². The second-order valence-electron chi connectivity index (χ2n) is 19.4. The first-order valence-corrected chi connectivity index (χ1v) is 24.5. The smallest absolute Gasteiger partial charge is 0.137 e. The van der Waals surface area contributed by atoms with Crippen LogP contribution in [-0.4, -0.2) is 16.2 Å². The first-order valence-electron chi connectivity index (χ1n) is 24.5. The standard InChI is InChI=1S/C63H55F2N5O/c1-40(2)43-24-29-59-61(33-43)68(63-55(41(3)4)31-44(32-56(63)42(5)6)52-27-25-45(64)34-57(52)65)39-67(59)48-35-49(69(46-17-9-7-10-18-46)47-19-11-8-12-20-47)37-51(36-48)71-50-26-28-54-53-21-13-14-22-58(53)70(60(54)38-50)62-23-15-16-30-66-62/h7-38,40-42H,39H2,1-6H3. The molecule has 0 saturated heterocycles. The Hall–Kier alpha value is -8.23. The predicted octanol–water partition coefficient (Wildman–Crippen LogP) is 18.0. The summed E-state index contributed by atoms with van der Waals surface area (Å²) in [5, 5.41) is 2.25. The SMILES string of the molecule is CC(C)c1ccc2c(c1)N(c1c(C(C)C)cc(-c3ccc(F)cc3F)cc1C(C)C)CN2c1cc(Oc2ccc3c4ccccc4n(-c4ccccn4)c3c2)cc(N(c2ccccc2)c2ccccc2)c1. The van der Waals surface area contributed by atoms with Crippen LogP contribution >= 0.6 is 0 Å². The van der Waals surface area contributed by atoms with E-state index in [0.717, 1.165) is 90.2 Å². The van der Waals surface area contributed by atoms with Crippen LogP contribution < -0.4 is 19.4 Å². The second-order valence-corrected chi connectivity index (χ2v) is 19.4. The molecule has 0 spiro atoms. The molecular formula is C63H55F2N5O. The molecule has 0 saturated carbocycles. The molecule has 11 rings (SSSR count). The van der Waals surface area contributed by atoms with E-state index >= 15 is 4.39 Å². The molecule has 1 aliphatic rings. The lowest BCUT2D eigenvalue weighted by Gasteiger charge is -2.31. The highest BCUT2D eigenvalue weighted by Gasteiger charge is 2.34. The number of hydrogen-bond donors (Lipinski definition) is 0. The number of rotatable bonds is 12. The summed E-state index contributed by atoms with van der Waals surface area (Å²) in [6.07, 6.45) is 1.83. The van der Waals surface area contributed by atoms with Gasteiger partial charge in [-0.25, -0.2) is 13.8 Å². The van der Waals surface area contributed by atoms with Gasteiger partial charge in [0.1, 0.15) is 35.6 Å². The number of hydrogen-bond acceptors (Lipinski definition) is 5. The minimum absolute atomic E-state index is 0.0825. The maximum atomic E-state index is 15.6. The van der Waals surface area contributed by atoms with Gasteiger partial charge in [0.05, 0.1) is 28.1 Å². The number of halogens is 2. The summed E-state index contributed by atoms with van der Waals surface area (Å²) in [5.41, 5.74) is 13.7. The van der Waals surface area contributed by atoms with E-state index in [1.165, 1.54) is 11.6 Å². The van der Waals surface area contributed by atoms with Crippen LogP contribution in [0.3, 0.4) is 0 Å². The van der Waals surface area contributed by atoms with Crippen molar-refractivity contribution in [2.24, 2.45) is 0 Å². The molecule has 0 amide bonds. The third kappa shape index (κ3) is 8.43. The lowest BCUT2D eigenvalue weighted by atomic mass is 9.87. The summed E-state index contributed by atoms with van der Waals surface area (Å²) in [6.45, 7) is 13.7. The van der Waals surface area contributed by atoms with Crippen LogP contribution in [0.4, 0.5) is 48.6 Å². The minimum atomic E-state index is -0.593. The number of fused-ring (bicyclic) bond motifs is 4. The van der Waals surface area contributed by atoms with Crippen LogP contribution in [0, 0.1) is 11.6 Å². The van der Waals surface area contributed by atoms with E-state index in [-0.39, 0.29) is 17.8 Å². The Morgan fingerprint density at radius 1 is 0.521 bits per heavy atom. The summed E-state index contributed by atoms with van der Waals surface area (Å²) in [4.78, 5) is 11.9. The Kier molecular flexibility index (Phi) is 11.8. The van der Waals surface area contributed by atoms with Crippen molar-refractivity contribution in [1.82, 2.24) is 9.55 Å². The van der Waals surface area contributed by atoms with Crippen molar-refractivity contribution in [3.05, 3.63) is 223 Å². The normalized spacial score (nSPS) is 12.5. The average molecular weight is 936 g/mol. The van der Waals surface area contributed by atoms with Gasteiger partial charge in [-0.05, 0) is 137 Å². The van der Waals surface area contributed by atoms with Crippen molar-refractivity contribution in [3.8, 4) is 28.4 Å². The molecule has 0 radical (unpaired) electrons. The fourth-order valence-corrected chi connectivity index (χ4v) is 10.2. The quantitative estimate of drug-likeness (QED) is 0.122. The van der Waals surface area contributed by atoms with Crippen molar-refractivity contribution < 1.29 is 13.5 Å². The van der Waals surface area contributed by atoms with Gasteiger partial charge in [0.2, 0.25) is 0 Å². The highest BCUT2D eigenvalue weighted by atomic mass is 19.1. The van der Waals surface area contributed by atoms with Crippen LogP contribution in [0.2, 0.25) is 0 Å². The van der Waals surface area contributed by atoms with E-state index in [1.807, 2.05) is 36.5 Å². The second kappa shape index (κ2) is 18.6. The number of ether oxygens (including phenoxy) is 1. The zero-order chi connectivity index (χ0) is 48.9. The number of aromatic nitrogens is 2. The van der Waals surface area contributed by atoms with E-state index in [9.17, 15) is 4.39 Å². The van der Waals surface area contributed by atoms with E-state index in [2.05, 4.69) is 200 Å². The highest BCUT2D eigenvalue weighted by molar-refractivity contribution is 6.09. The minimum Gasteiger partial charge on any atom is -0.457 e. The molecule has 3 heterocycles. The fraction of sp³-hybridized carbons (Fsp3) is 0.159. The van der Waals surface area contributed by atoms with Crippen LogP contribution in [-0.2, 0) is 0 Å². The molecule has 0 fully saturated rings. The molecule has 2 aromatic heterocycles.